The molecule has 0 saturated carbocycles. The lowest BCUT2D eigenvalue weighted by molar-refractivity contribution is -0.385. The van der Waals surface area contributed by atoms with Gasteiger partial charge in [-0.25, -0.2) is 4.79 Å². The van der Waals surface area contributed by atoms with Gasteiger partial charge in [-0.05, 0) is 55.6 Å². The summed E-state index contributed by atoms with van der Waals surface area (Å²) in [5.41, 5.74) is -0.156. The van der Waals surface area contributed by atoms with Gasteiger partial charge in [0.05, 0.1) is 33.4 Å². The second-order valence-electron chi connectivity index (χ2n) is 7.72. The number of nitrogens with zero attached hydrogens (tertiary/aromatic N) is 3. The van der Waals surface area contributed by atoms with Gasteiger partial charge < -0.3 is 10.1 Å². The van der Waals surface area contributed by atoms with Crippen molar-refractivity contribution in [1.29, 1.82) is 0 Å². The number of nitro benzene ring substituents is 1. The highest BCUT2D eigenvalue weighted by molar-refractivity contribution is 9.10. The predicted octanol–water partition coefficient (Wildman–Crippen LogP) is 4.56. The minimum absolute atomic E-state index is 0.0490. The van der Waals surface area contributed by atoms with Gasteiger partial charge in [-0.1, -0.05) is 19.1 Å². The number of ether oxygens (including phenoxy) is 1. The van der Waals surface area contributed by atoms with Crippen LogP contribution in [0.5, 0.6) is 0 Å². The highest BCUT2D eigenvalue weighted by Crippen LogP contribution is 2.29. The highest BCUT2D eigenvalue weighted by Gasteiger charge is 2.33. The molecular weight excluding hydrogens is 428 g/mol. The lowest BCUT2D eigenvalue weighted by Gasteiger charge is -2.33. The Bertz CT molecular complexity index is 875. The largest absolute Gasteiger partial charge is 0.444 e. The number of nitrogens with one attached hydrogen (secondary N) is 1. The summed E-state index contributed by atoms with van der Waals surface area (Å²) in [6, 6.07) is 6.22. The molecule has 0 aliphatic rings. The lowest BCUT2D eigenvalue weighted by Crippen LogP contribution is -2.48. The second kappa shape index (κ2) is 8.30. The quantitative estimate of drug-likeness (QED) is 0.511. The topological polar surface area (TPSA) is 99.3 Å². The first-order valence-electron chi connectivity index (χ1n) is 8.91. The first-order valence-corrected chi connectivity index (χ1v) is 9.71. The number of alkyl carbamates (subject to hydrolysis) is 1. The minimum atomic E-state index is -0.982. The van der Waals surface area contributed by atoms with Crippen LogP contribution < -0.4 is 5.32 Å². The number of rotatable bonds is 6. The Hall–Kier alpha value is -2.42. The molecule has 1 aromatic carbocycles. The normalized spacial score (nSPS) is 13.6. The van der Waals surface area contributed by atoms with E-state index in [-0.39, 0.29) is 12.2 Å². The monoisotopic (exact) mass is 452 g/mol. The summed E-state index contributed by atoms with van der Waals surface area (Å²) in [6.45, 7) is 9.41. The molecule has 2 rings (SSSR count). The standard InChI is InChI=1S/C19H25BrN4O4/c1-6-16-15(20)11-21-23(16)12-19(5,22-17(25)28-18(2,3)4)13-8-7-9-14(10-13)24(26)27/h7-11H,6,12H2,1-5H3,(H,22,25). The number of carbonyl (C=O) groups excluding carboxylic acids is 1. The van der Waals surface area contributed by atoms with E-state index in [1.54, 1.807) is 50.7 Å². The zero-order valence-corrected chi connectivity index (χ0v) is 18.2. The summed E-state index contributed by atoms with van der Waals surface area (Å²) in [6.07, 6.45) is 1.82. The lowest BCUT2D eigenvalue weighted by atomic mass is 9.91. The van der Waals surface area contributed by atoms with Crippen LogP contribution in [0.15, 0.2) is 34.9 Å². The van der Waals surface area contributed by atoms with Crippen LogP contribution in [-0.2, 0) is 23.2 Å². The second-order valence-corrected chi connectivity index (χ2v) is 8.57. The van der Waals surface area contributed by atoms with Crippen LogP contribution in [0.4, 0.5) is 10.5 Å². The molecule has 0 spiro atoms. The van der Waals surface area contributed by atoms with E-state index in [0.717, 1.165) is 16.6 Å². The maximum atomic E-state index is 12.5. The van der Waals surface area contributed by atoms with E-state index < -0.39 is 22.2 Å². The first-order chi connectivity index (χ1) is 12.9. The number of nitro groups is 1. The molecule has 0 aliphatic carbocycles. The molecule has 1 N–H and O–H groups in total. The van der Waals surface area contributed by atoms with Crippen molar-refractivity contribution in [3.05, 3.63) is 56.3 Å². The van der Waals surface area contributed by atoms with Gasteiger partial charge in [0.25, 0.3) is 5.69 Å². The summed E-state index contributed by atoms with van der Waals surface area (Å²) in [5, 5.41) is 18.5. The van der Waals surface area contributed by atoms with Crippen molar-refractivity contribution in [1.82, 2.24) is 15.1 Å². The Morgan fingerprint density at radius 1 is 1.36 bits per heavy atom. The molecule has 0 fully saturated rings. The van der Waals surface area contributed by atoms with Crippen molar-refractivity contribution in [2.45, 2.75) is 58.7 Å². The Morgan fingerprint density at radius 3 is 2.61 bits per heavy atom. The number of halogens is 1. The van der Waals surface area contributed by atoms with Gasteiger partial charge in [0.1, 0.15) is 5.60 Å². The fourth-order valence-corrected chi connectivity index (χ4v) is 3.45. The zero-order chi connectivity index (χ0) is 21.1. The van der Waals surface area contributed by atoms with Gasteiger partial charge in [0, 0.05) is 12.1 Å². The summed E-state index contributed by atoms with van der Waals surface area (Å²) in [4.78, 5) is 23.3. The van der Waals surface area contributed by atoms with E-state index in [9.17, 15) is 14.9 Å². The Morgan fingerprint density at radius 2 is 2.04 bits per heavy atom. The molecule has 0 bridgehead atoms. The molecule has 28 heavy (non-hydrogen) atoms. The fourth-order valence-electron chi connectivity index (χ4n) is 2.87. The van der Waals surface area contributed by atoms with Crippen molar-refractivity contribution in [3.8, 4) is 0 Å². The molecule has 8 nitrogen and oxygen atoms in total. The van der Waals surface area contributed by atoms with Crippen LogP contribution in [0, 0.1) is 10.1 Å². The van der Waals surface area contributed by atoms with E-state index >= 15 is 0 Å². The van der Waals surface area contributed by atoms with Crippen LogP contribution in [0.2, 0.25) is 0 Å². The number of benzene rings is 1. The molecule has 1 unspecified atom stereocenters. The van der Waals surface area contributed by atoms with Gasteiger partial charge in [-0.15, -0.1) is 0 Å². The van der Waals surface area contributed by atoms with Crippen molar-refractivity contribution in [2.24, 2.45) is 0 Å². The molecular formula is C19H25BrN4O4. The molecule has 0 aliphatic heterocycles. The van der Waals surface area contributed by atoms with E-state index in [1.807, 2.05) is 6.92 Å². The molecule has 0 radical (unpaired) electrons. The van der Waals surface area contributed by atoms with Crippen LogP contribution in [0.3, 0.4) is 0 Å². The number of aromatic nitrogens is 2. The molecule has 1 heterocycles. The number of amides is 1. The van der Waals surface area contributed by atoms with Crippen LogP contribution in [0.1, 0.15) is 45.9 Å². The van der Waals surface area contributed by atoms with Crippen LogP contribution >= 0.6 is 15.9 Å². The zero-order valence-electron chi connectivity index (χ0n) is 16.7. The molecule has 1 atom stereocenters. The predicted molar refractivity (Wildman–Crippen MR) is 109 cm³/mol. The SMILES string of the molecule is CCc1c(Br)cnn1CC(C)(NC(=O)OC(C)(C)C)c1cccc([N+](=O)[O-])c1. The van der Waals surface area contributed by atoms with Gasteiger partial charge in [0.2, 0.25) is 0 Å². The molecule has 1 amide bonds. The number of carbonyl (C=O) groups is 1. The van der Waals surface area contributed by atoms with Crippen LogP contribution in [-0.4, -0.2) is 26.4 Å². The maximum absolute atomic E-state index is 12.5. The van der Waals surface area contributed by atoms with Gasteiger partial charge in [-0.2, -0.15) is 5.10 Å². The van der Waals surface area contributed by atoms with E-state index in [0.29, 0.717) is 5.56 Å². The third kappa shape index (κ3) is 5.31. The smallest absolute Gasteiger partial charge is 0.408 e. The average Bonchev–Trinajstić information content (AvgIpc) is 2.92. The van der Waals surface area contributed by atoms with Gasteiger partial charge in [-0.3, -0.25) is 14.8 Å². The summed E-state index contributed by atoms with van der Waals surface area (Å²) in [5.74, 6) is 0. The van der Waals surface area contributed by atoms with Gasteiger partial charge >= 0.3 is 6.09 Å². The average molecular weight is 453 g/mol. The summed E-state index contributed by atoms with van der Waals surface area (Å²) >= 11 is 3.48. The molecule has 2 aromatic rings. The molecule has 0 saturated heterocycles. The molecule has 1 aromatic heterocycles. The van der Waals surface area contributed by atoms with Crippen molar-refractivity contribution in [2.75, 3.05) is 0 Å². The van der Waals surface area contributed by atoms with E-state index in [1.165, 1.54) is 12.1 Å². The first kappa shape index (κ1) is 21.9. The minimum Gasteiger partial charge on any atom is -0.444 e. The number of hydrogen-bond donors (Lipinski definition) is 1. The Balaban J connectivity index is 2.46. The summed E-state index contributed by atoms with van der Waals surface area (Å²) < 4.78 is 8.06. The third-order valence-corrected chi connectivity index (χ3v) is 4.83. The number of hydrogen-bond acceptors (Lipinski definition) is 5. The van der Waals surface area contributed by atoms with E-state index in [2.05, 4.69) is 26.3 Å². The van der Waals surface area contributed by atoms with E-state index in [4.69, 9.17) is 4.74 Å². The fraction of sp³-hybridized carbons (Fsp3) is 0.474. The van der Waals surface area contributed by atoms with Crippen molar-refractivity contribution >= 4 is 27.7 Å². The summed E-state index contributed by atoms with van der Waals surface area (Å²) in [7, 11) is 0. The van der Waals surface area contributed by atoms with Crippen LogP contribution in [0.25, 0.3) is 0 Å². The highest BCUT2D eigenvalue weighted by atomic mass is 79.9. The molecule has 9 heteroatoms. The van der Waals surface area contributed by atoms with Crippen molar-refractivity contribution < 1.29 is 14.5 Å². The third-order valence-electron chi connectivity index (χ3n) is 4.17. The van der Waals surface area contributed by atoms with Gasteiger partial charge in [0.15, 0.2) is 0 Å². The Kier molecular flexibility index (Phi) is 6.48. The maximum Gasteiger partial charge on any atom is 0.408 e. The number of non-ortho nitro benzene ring substituents is 1. The molecule has 152 valence electrons. The Labute approximate surface area is 172 Å². The van der Waals surface area contributed by atoms with Crippen molar-refractivity contribution in [3.63, 3.8) is 0 Å².